The minimum atomic E-state index is -0.214. The van der Waals surface area contributed by atoms with Gasteiger partial charge in [-0.2, -0.15) is 0 Å². The quantitative estimate of drug-likeness (QED) is 0.830. The number of halogens is 1. The summed E-state index contributed by atoms with van der Waals surface area (Å²) in [5.74, 6) is -0.316. The highest BCUT2D eigenvalue weighted by Gasteiger charge is 2.30. The molecule has 8 heteroatoms. The van der Waals surface area contributed by atoms with Crippen LogP contribution in [0.15, 0.2) is 24.3 Å². The van der Waals surface area contributed by atoms with Crippen LogP contribution in [-0.4, -0.2) is 53.3 Å². The van der Waals surface area contributed by atoms with Gasteiger partial charge in [0.05, 0.1) is 11.6 Å². The molecular weight excluding hydrogens is 396 g/mol. The van der Waals surface area contributed by atoms with Crippen LogP contribution in [-0.2, 0) is 17.8 Å². The van der Waals surface area contributed by atoms with E-state index >= 15 is 0 Å². The monoisotopic (exact) mass is 418 g/mol. The third-order valence-corrected chi connectivity index (χ3v) is 6.57. The van der Waals surface area contributed by atoms with Crippen LogP contribution in [0.4, 0.5) is 5.13 Å². The molecule has 0 radical (unpaired) electrons. The number of nitrogens with one attached hydrogen (secondary N) is 1. The Bertz CT molecular complexity index is 883. The fraction of sp³-hybridized carbons (Fsp3) is 0.450. The average Bonchev–Trinajstić information content (AvgIpc) is 3.09. The van der Waals surface area contributed by atoms with Crippen molar-refractivity contribution in [2.45, 2.75) is 25.8 Å². The molecule has 2 aliphatic rings. The standard InChI is InChI=1S/C20H23ClN4O2S/c1-24-10-8-16-17(12-24)28-20(22-16)23-18(26)14-3-2-9-25(11-14)19(27)13-4-6-15(21)7-5-13/h4-7,14H,2-3,8-12H2,1H3,(H,22,23,26). The Morgan fingerprint density at radius 1 is 1.25 bits per heavy atom. The third-order valence-electron chi connectivity index (χ3n) is 5.32. The highest BCUT2D eigenvalue weighted by molar-refractivity contribution is 7.15. The Morgan fingerprint density at radius 2 is 2.04 bits per heavy atom. The van der Waals surface area contributed by atoms with Crippen molar-refractivity contribution >= 4 is 39.9 Å². The van der Waals surface area contributed by atoms with Crippen molar-refractivity contribution < 1.29 is 9.59 Å². The number of aromatic nitrogens is 1. The number of amides is 2. The Kier molecular flexibility index (Phi) is 5.66. The molecule has 1 fully saturated rings. The third kappa shape index (κ3) is 4.21. The van der Waals surface area contributed by atoms with E-state index in [1.807, 2.05) is 0 Å². The van der Waals surface area contributed by atoms with E-state index in [9.17, 15) is 9.59 Å². The Morgan fingerprint density at radius 3 is 2.82 bits per heavy atom. The SMILES string of the molecule is CN1CCc2nc(NC(=O)C3CCCN(C(=O)c4ccc(Cl)cc4)C3)sc2C1. The van der Waals surface area contributed by atoms with Gasteiger partial charge in [0.2, 0.25) is 5.91 Å². The van der Waals surface area contributed by atoms with Crippen molar-refractivity contribution in [3.63, 3.8) is 0 Å². The molecule has 28 heavy (non-hydrogen) atoms. The van der Waals surface area contributed by atoms with Gasteiger partial charge in [-0.25, -0.2) is 4.98 Å². The van der Waals surface area contributed by atoms with E-state index in [1.165, 1.54) is 4.88 Å². The summed E-state index contributed by atoms with van der Waals surface area (Å²) in [5.41, 5.74) is 1.70. The number of carbonyl (C=O) groups excluding carboxylic acids is 2. The molecule has 2 aromatic rings. The second kappa shape index (κ2) is 8.19. The van der Waals surface area contributed by atoms with Gasteiger partial charge in [-0.15, -0.1) is 11.3 Å². The second-order valence-corrected chi connectivity index (χ2v) is 8.98. The molecule has 1 saturated heterocycles. The molecule has 0 spiro atoms. The number of likely N-dealkylation sites (tertiary alicyclic amines) is 1. The second-order valence-electron chi connectivity index (χ2n) is 7.46. The summed E-state index contributed by atoms with van der Waals surface area (Å²) in [6, 6.07) is 6.88. The topological polar surface area (TPSA) is 65.5 Å². The lowest BCUT2D eigenvalue weighted by atomic mass is 9.96. The average molecular weight is 419 g/mol. The summed E-state index contributed by atoms with van der Waals surface area (Å²) >= 11 is 7.46. The Balaban J connectivity index is 1.39. The van der Waals surface area contributed by atoms with Gasteiger partial charge in [0.1, 0.15) is 0 Å². The normalized spacial score (nSPS) is 19.9. The van der Waals surface area contributed by atoms with Crippen molar-refractivity contribution in [2.75, 3.05) is 32.0 Å². The van der Waals surface area contributed by atoms with E-state index in [0.29, 0.717) is 28.8 Å². The lowest BCUT2D eigenvalue weighted by Gasteiger charge is -2.32. The minimum Gasteiger partial charge on any atom is -0.338 e. The maximum absolute atomic E-state index is 12.8. The zero-order chi connectivity index (χ0) is 19.7. The molecule has 0 bridgehead atoms. The first-order valence-electron chi connectivity index (χ1n) is 9.52. The summed E-state index contributed by atoms with van der Waals surface area (Å²) in [4.78, 5) is 35.4. The zero-order valence-electron chi connectivity index (χ0n) is 15.8. The van der Waals surface area contributed by atoms with E-state index in [-0.39, 0.29) is 17.7 Å². The van der Waals surface area contributed by atoms with Crippen LogP contribution in [0.3, 0.4) is 0 Å². The predicted octanol–water partition coefficient (Wildman–Crippen LogP) is 3.28. The van der Waals surface area contributed by atoms with Gasteiger partial charge in [-0.1, -0.05) is 11.6 Å². The van der Waals surface area contributed by atoms with Gasteiger partial charge < -0.3 is 15.1 Å². The fourth-order valence-corrected chi connectivity index (χ4v) is 4.95. The van der Waals surface area contributed by atoms with Gasteiger partial charge >= 0.3 is 0 Å². The number of fused-ring (bicyclic) bond motifs is 1. The van der Waals surface area contributed by atoms with Crippen LogP contribution >= 0.6 is 22.9 Å². The van der Waals surface area contributed by atoms with Gasteiger partial charge in [0.25, 0.3) is 5.91 Å². The van der Waals surface area contributed by atoms with Crippen LogP contribution in [0, 0.1) is 5.92 Å². The van der Waals surface area contributed by atoms with Crippen LogP contribution in [0.1, 0.15) is 33.8 Å². The van der Waals surface area contributed by atoms with E-state index < -0.39 is 0 Å². The minimum absolute atomic E-state index is 0.0481. The molecule has 4 rings (SSSR count). The first-order valence-corrected chi connectivity index (χ1v) is 10.7. The largest absolute Gasteiger partial charge is 0.338 e. The molecule has 6 nitrogen and oxygen atoms in total. The van der Waals surface area contributed by atoms with Crippen LogP contribution in [0.5, 0.6) is 0 Å². The number of likely N-dealkylation sites (N-methyl/N-ethyl adjacent to an activating group) is 1. The molecule has 2 amide bonds. The maximum atomic E-state index is 12.8. The molecule has 1 aromatic carbocycles. The molecule has 0 aliphatic carbocycles. The molecule has 2 aliphatic heterocycles. The fourth-order valence-electron chi connectivity index (χ4n) is 3.73. The van der Waals surface area contributed by atoms with Crippen LogP contribution in [0.2, 0.25) is 5.02 Å². The molecule has 1 atom stereocenters. The first-order chi connectivity index (χ1) is 13.5. The number of thiazole rings is 1. The maximum Gasteiger partial charge on any atom is 0.253 e. The van der Waals surface area contributed by atoms with Crippen molar-refractivity contribution in [1.29, 1.82) is 0 Å². The van der Waals surface area contributed by atoms with E-state index in [0.717, 1.165) is 38.0 Å². The summed E-state index contributed by atoms with van der Waals surface area (Å²) in [5, 5.41) is 4.26. The number of hydrogen-bond donors (Lipinski definition) is 1. The van der Waals surface area contributed by atoms with Crippen molar-refractivity contribution in [2.24, 2.45) is 5.92 Å². The highest BCUT2D eigenvalue weighted by atomic mass is 35.5. The molecule has 3 heterocycles. The van der Waals surface area contributed by atoms with Crippen molar-refractivity contribution in [1.82, 2.24) is 14.8 Å². The number of hydrogen-bond acceptors (Lipinski definition) is 5. The Hall–Kier alpha value is -1.96. The predicted molar refractivity (Wildman–Crippen MR) is 111 cm³/mol. The molecule has 1 N–H and O–H groups in total. The summed E-state index contributed by atoms with van der Waals surface area (Å²) < 4.78 is 0. The molecular formula is C20H23ClN4O2S. The molecule has 1 aromatic heterocycles. The van der Waals surface area contributed by atoms with E-state index in [4.69, 9.17) is 11.6 Å². The van der Waals surface area contributed by atoms with E-state index in [2.05, 4.69) is 22.2 Å². The zero-order valence-corrected chi connectivity index (χ0v) is 17.4. The van der Waals surface area contributed by atoms with E-state index in [1.54, 1.807) is 40.5 Å². The molecule has 0 saturated carbocycles. The Labute approximate surface area is 173 Å². The van der Waals surface area contributed by atoms with Gasteiger partial charge in [0, 0.05) is 48.1 Å². The lowest BCUT2D eigenvalue weighted by molar-refractivity contribution is -0.121. The number of anilines is 1. The van der Waals surface area contributed by atoms with Crippen molar-refractivity contribution in [3.05, 3.63) is 45.4 Å². The van der Waals surface area contributed by atoms with Crippen LogP contribution < -0.4 is 5.32 Å². The van der Waals surface area contributed by atoms with Gasteiger partial charge in [-0.3, -0.25) is 9.59 Å². The number of nitrogens with zero attached hydrogens (tertiary/aromatic N) is 3. The van der Waals surface area contributed by atoms with Crippen LogP contribution in [0.25, 0.3) is 0 Å². The number of carbonyl (C=O) groups is 2. The van der Waals surface area contributed by atoms with Crippen molar-refractivity contribution in [3.8, 4) is 0 Å². The number of piperidine rings is 1. The smallest absolute Gasteiger partial charge is 0.253 e. The summed E-state index contributed by atoms with van der Waals surface area (Å²) in [7, 11) is 2.09. The summed E-state index contributed by atoms with van der Waals surface area (Å²) in [6.07, 6.45) is 2.52. The number of benzene rings is 1. The van der Waals surface area contributed by atoms with Gasteiger partial charge in [-0.05, 0) is 44.2 Å². The molecule has 148 valence electrons. The lowest BCUT2D eigenvalue weighted by Crippen LogP contribution is -2.43. The molecule has 1 unspecified atom stereocenters. The van der Waals surface area contributed by atoms with Gasteiger partial charge in [0.15, 0.2) is 5.13 Å². The first kappa shape index (κ1) is 19.4. The summed E-state index contributed by atoms with van der Waals surface area (Å²) in [6.45, 7) is 2.98. The number of rotatable bonds is 3. The highest BCUT2D eigenvalue weighted by Crippen LogP contribution is 2.29.